The Labute approximate surface area is 138 Å². The molecule has 1 aliphatic heterocycles. The van der Waals surface area contributed by atoms with Gasteiger partial charge in [0.1, 0.15) is 0 Å². The molecule has 1 N–H and O–H groups in total. The Hall–Kier alpha value is -1.81. The minimum absolute atomic E-state index is 0.291. The Kier molecular flexibility index (Phi) is 5.01. The molecule has 2 aromatic rings. The van der Waals surface area contributed by atoms with Gasteiger partial charge in [-0.1, -0.05) is 32.0 Å². The maximum Gasteiger partial charge on any atom is 0.222 e. The summed E-state index contributed by atoms with van der Waals surface area (Å²) >= 11 is 0. The molecule has 0 aliphatic carbocycles. The van der Waals surface area contributed by atoms with Crippen LogP contribution in [0.3, 0.4) is 0 Å². The third-order valence-corrected chi connectivity index (χ3v) is 4.63. The van der Waals surface area contributed by atoms with E-state index in [2.05, 4.69) is 41.9 Å². The minimum Gasteiger partial charge on any atom is -0.361 e. The molecule has 23 heavy (non-hydrogen) atoms. The van der Waals surface area contributed by atoms with Gasteiger partial charge in [0.2, 0.25) is 5.91 Å². The second-order valence-electron chi connectivity index (χ2n) is 6.93. The molecule has 1 amide bonds. The van der Waals surface area contributed by atoms with Crippen LogP contribution in [0.2, 0.25) is 0 Å². The number of carbonyl (C=O) groups is 1. The van der Waals surface area contributed by atoms with Gasteiger partial charge in [-0.25, -0.2) is 0 Å². The number of nitrogens with zero attached hydrogens (tertiary/aromatic N) is 2. The summed E-state index contributed by atoms with van der Waals surface area (Å²) in [5.74, 6) is 0.985. The van der Waals surface area contributed by atoms with Gasteiger partial charge in [-0.3, -0.25) is 9.69 Å². The number of hydrogen-bond acceptors (Lipinski definition) is 2. The molecule has 0 atom stereocenters. The van der Waals surface area contributed by atoms with E-state index in [4.69, 9.17) is 0 Å². The average Bonchev–Trinajstić information content (AvgIpc) is 2.96. The molecule has 2 heterocycles. The standard InChI is InChI=1S/C19H27N3O/c1-15(2)14-21-9-11-22(12-10-21)19(23)8-7-16-13-20-18-6-4-3-5-17(16)18/h3-6,13,15,20H,7-12,14H2,1-2H3. The van der Waals surface area contributed by atoms with Crippen molar-refractivity contribution in [1.29, 1.82) is 0 Å². The van der Waals surface area contributed by atoms with E-state index in [0.717, 1.165) is 44.7 Å². The van der Waals surface area contributed by atoms with Crippen LogP contribution >= 0.6 is 0 Å². The zero-order valence-corrected chi connectivity index (χ0v) is 14.2. The Bertz CT molecular complexity index is 653. The fourth-order valence-corrected chi connectivity index (χ4v) is 3.43. The third-order valence-electron chi connectivity index (χ3n) is 4.63. The van der Waals surface area contributed by atoms with Crippen molar-refractivity contribution in [3.8, 4) is 0 Å². The predicted octanol–water partition coefficient (Wildman–Crippen LogP) is 2.90. The van der Waals surface area contributed by atoms with Gasteiger partial charge in [0.05, 0.1) is 0 Å². The lowest BCUT2D eigenvalue weighted by Crippen LogP contribution is -2.49. The summed E-state index contributed by atoms with van der Waals surface area (Å²) in [7, 11) is 0. The average molecular weight is 313 g/mol. The maximum absolute atomic E-state index is 12.5. The summed E-state index contributed by atoms with van der Waals surface area (Å²) in [5.41, 5.74) is 2.39. The van der Waals surface area contributed by atoms with Crippen LogP contribution in [0.4, 0.5) is 0 Å². The molecule has 124 valence electrons. The van der Waals surface area contributed by atoms with Crippen molar-refractivity contribution < 1.29 is 4.79 Å². The number of para-hydroxylation sites is 1. The van der Waals surface area contributed by atoms with Gasteiger partial charge in [-0.05, 0) is 24.0 Å². The summed E-state index contributed by atoms with van der Waals surface area (Å²) < 4.78 is 0. The number of aromatic amines is 1. The van der Waals surface area contributed by atoms with Crippen LogP contribution in [-0.4, -0.2) is 53.4 Å². The van der Waals surface area contributed by atoms with Crippen LogP contribution < -0.4 is 0 Å². The van der Waals surface area contributed by atoms with E-state index in [9.17, 15) is 4.79 Å². The predicted molar refractivity (Wildman–Crippen MR) is 94.5 cm³/mol. The first-order valence-electron chi connectivity index (χ1n) is 8.68. The summed E-state index contributed by atoms with van der Waals surface area (Å²) in [4.78, 5) is 20.2. The van der Waals surface area contributed by atoms with E-state index >= 15 is 0 Å². The van der Waals surface area contributed by atoms with Crippen LogP contribution in [-0.2, 0) is 11.2 Å². The van der Waals surface area contributed by atoms with Crippen molar-refractivity contribution in [1.82, 2.24) is 14.8 Å². The molecular formula is C19H27N3O. The number of rotatable bonds is 5. The molecule has 1 saturated heterocycles. The molecule has 4 nitrogen and oxygen atoms in total. The van der Waals surface area contributed by atoms with E-state index in [1.165, 1.54) is 10.9 Å². The van der Waals surface area contributed by atoms with Crippen molar-refractivity contribution >= 4 is 16.8 Å². The first-order chi connectivity index (χ1) is 11.1. The van der Waals surface area contributed by atoms with Crippen LogP contribution in [0, 0.1) is 5.92 Å². The van der Waals surface area contributed by atoms with Crippen LogP contribution in [0.15, 0.2) is 30.5 Å². The largest absolute Gasteiger partial charge is 0.361 e. The lowest BCUT2D eigenvalue weighted by atomic mass is 10.1. The number of aromatic nitrogens is 1. The SMILES string of the molecule is CC(C)CN1CCN(C(=O)CCc2c[nH]c3ccccc23)CC1. The summed E-state index contributed by atoms with van der Waals surface area (Å²) in [6.07, 6.45) is 3.46. The molecule has 0 saturated carbocycles. The van der Waals surface area contributed by atoms with Crippen LogP contribution in [0.1, 0.15) is 25.8 Å². The molecular weight excluding hydrogens is 286 g/mol. The van der Waals surface area contributed by atoms with Gasteiger partial charge >= 0.3 is 0 Å². The monoisotopic (exact) mass is 313 g/mol. The molecule has 1 fully saturated rings. The molecule has 4 heteroatoms. The second kappa shape index (κ2) is 7.18. The number of hydrogen-bond donors (Lipinski definition) is 1. The minimum atomic E-state index is 0.291. The third kappa shape index (κ3) is 3.94. The highest BCUT2D eigenvalue weighted by molar-refractivity contribution is 5.84. The zero-order valence-electron chi connectivity index (χ0n) is 14.2. The normalized spacial score (nSPS) is 16.4. The highest BCUT2D eigenvalue weighted by atomic mass is 16.2. The number of fused-ring (bicyclic) bond motifs is 1. The Morgan fingerprint density at radius 3 is 2.65 bits per heavy atom. The fourth-order valence-electron chi connectivity index (χ4n) is 3.43. The van der Waals surface area contributed by atoms with Crippen LogP contribution in [0.5, 0.6) is 0 Å². The molecule has 0 spiro atoms. The van der Waals surface area contributed by atoms with Crippen molar-refractivity contribution in [3.63, 3.8) is 0 Å². The molecule has 1 aromatic carbocycles. The number of amides is 1. The second-order valence-corrected chi connectivity index (χ2v) is 6.93. The molecule has 3 rings (SSSR count). The molecule has 1 aromatic heterocycles. The smallest absolute Gasteiger partial charge is 0.222 e. The Balaban J connectivity index is 1.50. The van der Waals surface area contributed by atoms with Crippen molar-refractivity contribution in [3.05, 3.63) is 36.0 Å². The van der Waals surface area contributed by atoms with E-state index < -0.39 is 0 Å². The van der Waals surface area contributed by atoms with Gasteiger partial charge in [-0.2, -0.15) is 0 Å². The van der Waals surface area contributed by atoms with Gasteiger partial charge in [0, 0.05) is 56.2 Å². The Morgan fingerprint density at radius 2 is 1.91 bits per heavy atom. The Morgan fingerprint density at radius 1 is 1.17 bits per heavy atom. The lowest BCUT2D eigenvalue weighted by molar-refractivity contribution is -0.132. The summed E-state index contributed by atoms with van der Waals surface area (Å²) in [6, 6.07) is 8.28. The van der Waals surface area contributed by atoms with Gasteiger partial charge < -0.3 is 9.88 Å². The van der Waals surface area contributed by atoms with Crippen molar-refractivity contribution in [2.75, 3.05) is 32.7 Å². The first-order valence-corrected chi connectivity index (χ1v) is 8.68. The molecule has 0 unspecified atom stereocenters. The number of aryl methyl sites for hydroxylation is 1. The van der Waals surface area contributed by atoms with Crippen molar-refractivity contribution in [2.24, 2.45) is 5.92 Å². The quantitative estimate of drug-likeness (QED) is 0.922. The van der Waals surface area contributed by atoms with E-state index in [0.29, 0.717) is 18.2 Å². The van der Waals surface area contributed by atoms with E-state index in [-0.39, 0.29) is 0 Å². The first kappa shape index (κ1) is 16.1. The number of nitrogens with one attached hydrogen (secondary N) is 1. The number of piperazine rings is 1. The van der Waals surface area contributed by atoms with Crippen LogP contribution in [0.25, 0.3) is 10.9 Å². The summed E-state index contributed by atoms with van der Waals surface area (Å²) in [6.45, 7) is 9.40. The number of carbonyl (C=O) groups excluding carboxylic acids is 1. The number of benzene rings is 1. The highest BCUT2D eigenvalue weighted by Crippen LogP contribution is 2.19. The fraction of sp³-hybridized carbons (Fsp3) is 0.526. The molecule has 0 radical (unpaired) electrons. The number of H-pyrrole nitrogens is 1. The van der Waals surface area contributed by atoms with Gasteiger partial charge in [-0.15, -0.1) is 0 Å². The molecule has 1 aliphatic rings. The van der Waals surface area contributed by atoms with E-state index in [1.807, 2.05) is 17.2 Å². The van der Waals surface area contributed by atoms with E-state index in [1.54, 1.807) is 0 Å². The highest BCUT2D eigenvalue weighted by Gasteiger charge is 2.21. The molecule has 0 bridgehead atoms. The zero-order chi connectivity index (χ0) is 16.2. The van der Waals surface area contributed by atoms with Gasteiger partial charge in [0.25, 0.3) is 0 Å². The maximum atomic E-state index is 12.5. The van der Waals surface area contributed by atoms with Gasteiger partial charge in [0.15, 0.2) is 0 Å². The summed E-state index contributed by atoms with van der Waals surface area (Å²) in [5, 5.41) is 1.24. The topological polar surface area (TPSA) is 39.3 Å². The van der Waals surface area contributed by atoms with Crippen molar-refractivity contribution in [2.45, 2.75) is 26.7 Å². The lowest BCUT2D eigenvalue weighted by Gasteiger charge is -2.35.